The lowest BCUT2D eigenvalue weighted by Gasteiger charge is -2.34. The summed E-state index contributed by atoms with van der Waals surface area (Å²) >= 11 is 0. The Morgan fingerprint density at radius 1 is 1.13 bits per heavy atom. The van der Waals surface area contributed by atoms with E-state index in [9.17, 15) is 0 Å². The highest BCUT2D eigenvalue weighted by molar-refractivity contribution is 14.0. The first kappa shape index (κ1) is 25.0. The third-order valence-corrected chi connectivity index (χ3v) is 5.26. The molecule has 3 rings (SSSR count). The van der Waals surface area contributed by atoms with E-state index in [2.05, 4.69) is 38.2 Å². The highest BCUT2D eigenvalue weighted by atomic mass is 127. The monoisotopic (exact) mass is 540 g/mol. The van der Waals surface area contributed by atoms with E-state index in [1.807, 2.05) is 30.5 Å². The van der Waals surface area contributed by atoms with Crippen LogP contribution in [-0.2, 0) is 13.0 Å². The fourth-order valence-corrected chi connectivity index (χ4v) is 3.45. The average molecular weight is 540 g/mol. The fraction of sp³-hybridized carbons (Fsp3) is 0.455. The molecule has 1 aliphatic heterocycles. The topological polar surface area (TPSA) is 88.2 Å². The number of halogens is 1. The summed E-state index contributed by atoms with van der Waals surface area (Å²) in [7, 11) is 5.42. The van der Waals surface area contributed by atoms with Crippen molar-refractivity contribution >= 4 is 35.8 Å². The summed E-state index contributed by atoms with van der Waals surface area (Å²) in [5.74, 6) is 2.89. The molecule has 9 heteroatoms. The SMILES string of the molecule is COc1ccc(CCNC(N)=NCc2cccnc2N2CCN(C)CC2)cc1OC.I. The minimum Gasteiger partial charge on any atom is -0.493 e. The van der Waals surface area contributed by atoms with Gasteiger partial charge in [0.1, 0.15) is 5.82 Å². The van der Waals surface area contributed by atoms with E-state index in [0.717, 1.165) is 61.0 Å². The molecule has 0 saturated carbocycles. The van der Waals surface area contributed by atoms with Gasteiger partial charge in [-0.25, -0.2) is 9.98 Å². The lowest BCUT2D eigenvalue weighted by molar-refractivity contribution is 0.312. The first-order valence-electron chi connectivity index (χ1n) is 10.2. The van der Waals surface area contributed by atoms with Gasteiger partial charge in [-0.1, -0.05) is 12.1 Å². The maximum atomic E-state index is 6.09. The number of pyridine rings is 1. The van der Waals surface area contributed by atoms with Crippen LogP contribution in [0.2, 0.25) is 0 Å². The van der Waals surface area contributed by atoms with E-state index >= 15 is 0 Å². The number of likely N-dealkylation sites (N-methyl/N-ethyl adjacent to an activating group) is 1. The molecule has 0 radical (unpaired) electrons. The van der Waals surface area contributed by atoms with Crippen LogP contribution in [0.3, 0.4) is 0 Å². The van der Waals surface area contributed by atoms with Gasteiger partial charge in [-0.05, 0) is 37.2 Å². The highest BCUT2D eigenvalue weighted by Gasteiger charge is 2.17. The van der Waals surface area contributed by atoms with Crippen LogP contribution in [0.15, 0.2) is 41.5 Å². The summed E-state index contributed by atoms with van der Waals surface area (Å²) < 4.78 is 10.6. The van der Waals surface area contributed by atoms with Gasteiger partial charge in [-0.15, -0.1) is 24.0 Å². The lowest BCUT2D eigenvalue weighted by Crippen LogP contribution is -2.45. The second kappa shape index (κ2) is 12.6. The number of guanidine groups is 1. The van der Waals surface area contributed by atoms with Crippen LogP contribution >= 0.6 is 24.0 Å². The standard InChI is InChI=1S/C22H32N6O2.HI/c1-27-11-13-28(14-12-27)21-18(5-4-9-24-21)16-26-22(23)25-10-8-17-6-7-19(29-2)20(15-17)30-3;/h4-7,9,15H,8,10-14,16H2,1-3H3,(H3,23,25,26);1H. The summed E-state index contributed by atoms with van der Waals surface area (Å²) in [5.41, 5.74) is 8.31. The Morgan fingerprint density at radius 2 is 1.87 bits per heavy atom. The highest BCUT2D eigenvalue weighted by Crippen LogP contribution is 2.27. The van der Waals surface area contributed by atoms with Gasteiger partial charge in [0.15, 0.2) is 17.5 Å². The van der Waals surface area contributed by atoms with Crippen molar-refractivity contribution in [1.82, 2.24) is 15.2 Å². The zero-order valence-electron chi connectivity index (χ0n) is 18.5. The van der Waals surface area contributed by atoms with Gasteiger partial charge in [-0.2, -0.15) is 0 Å². The van der Waals surface area contributed by atoms with Gasteiger partial charge in [0.05, 0.1) is 20.8 Å². The third kappa shape index (κ3) is 7.13. The predicted octanol–water partition coefficient (Wildman–Crippen LogP) is 2.12. The zero-order valence-corrected chi connectivity index (χ0v) is 20.8. The van der Waals surface area contributed by atoms with Crippen LogP contribution in [0, 0.1) is 0 Å². The molecule has 1 saturated heterocycles. The summed E-state index contributed by atoms with van der Waals surface area (Å²) in [6, 6.07) is 9.93. The minimum absolute atomic E-state index is 0. The van der Waals surface area contributed by atoms with Gasteiger partial charge in [0, 0.05) is 44.5 Å². The molecule has 2 heterocycles. The van der Waals surface area contributed by atoms with Crippen LogP contribution in [0.5, 0.6) is 11.5 Å². The van der Waals surface area contributed by atoms with Gasteiger partial charge in [0.25, 0.3) is 0 Å². The van der Waals surface area contributed by atoms with Gasteiger partial charge in [-0.3, -0.25) is 0 Å². The Labute approximate surface area is 201 Å². The molecule has 3 N–H and O–H groups in total. The molecule has 1 aromatic heterocycles. The number of methoxy groups -OCH3 is 2. The number of benzene rings is 1. The number of nitrogens with zero attached hydrogens (tertiary/aromatic N) is 4. The summed E-state index contributed by atoms with van der Waals surface area (Å²) in [6.45, 7) is 5.22. The third-order valence-electron chi connectivity index (χ3n) is 5.26. The predicted molar refractivity (Wildman–Crippen MR) is 136 cm³/mol. The van der Waals surface area contributed by atoms with E-state index in [1.54, 1.807) is 14.2 Å². The quantitative estimate of drug-likeness (QED) is 0.301. The number of rotatable bonds is 8. The normalized spacial score (nSPS) is 14.7. The molecule has 0 spiro atoms. The number of aromatic nitrogens is 1. The van der Waals surface area contributed by atoms with Gasteiger partial charge in [0.2, 0.25) is 0 Å². The molecule has 2 aromatic rings. The molecule has 1 aliphatic rings. The molecule has 8 nitrogen and oxygen atoms in total. The van der Waals surface area contributed by atoms with Crippen LogP contribution in [0.4, 0.5) is 5.82 Å². The first-order valence-corrected chi connectivity index (χ1v) is 10.2. The van der Waals surface area contributed by atoms with Crippen molar-refractivity contribution in [2.75, 3.05) is 58.9 Å². The van der Waals surface area contributed by atoms with E-state index in [4.69, 9.17) is 15.2 Å². The number of hydrogen-bond acceptors (Lipinski definition) is 6. The Balaban J connectivity index is 0.00000341. The number of nitrogens with two attached hydrogens (primary N) is 1. The molecule has 170 valence electrons. The smallest absolute Gasteiger partial charge is 0.188 e. The number of nitrogens with one attached hydrogen (secondary N) is 1. The number of hydrogen-bond donors (Lipinski definition) is 2. The molecule has 0 aliphatic carbocycles. The summed E-state index contributed by atoms with van der Waals surface area (Å²) in [6.07, 6.45) is 2.64. The summed E-state index contributed by atoms with van der Waals surface area (Å²) in [4.78, 5) is 13.8. The molecule has 0 amide bonds. The zero-order chi connectivity index (χ0) is 21.3. The van der Waals surface area contributed by atoms with E-state index in [-0.39, 0.29) is 24.0 Å². The van der Waals surface area contributed by atoms with Crippen molar-refractivity contribution in [1.29, 1.82) is 0 Å². The van der Waals surface area contributed by atoms with Crippen LogP contribution in [0.25, 0.3) is 0 Å². The molecule has 0 unspecified atom stereocenters. The van der Waals surface area contributed by atoms with Crippen molar-refractivity contribution in [2.24, 2.45) is 10.7 Å². The Morgan fingerprint density at radius 3 is 2.58 bits per heavy atom. The maximum Gasteiger partial charge on any atom is 0.188 e. The average Bonchev–Trinajstić information content (AvgIpc) is 2.78. The molecular formula is C22H33IN6O2. The van der Waals surface area contributed by atoms with Crippen molar-refractivity contribution in [2.45, 2.75) is 13.0 Å². The number of ether oxygens (including phenoxy) is 2. The van der Waals surface area contributed by atoms with E-state index in [1.165, 1.54) is 0 Å². The Hall–Kier alpha value is -2.27. The van der Waals surface area contributed by atoms with Crippen molar-refractivity contribution < 1.29 is 9.47 Å². The number of anilines is 1. The van der Waals surface area contributed by atoms with Crippen molar-refractivity contribution in [3.8, 4) is 11.5 Å². The Kier molecular flexibility index (Phi) is 10.1. The largest absolute Gasteiger partial charge is 0.493 e. The van der Waals surface area contributed by atoms with Gasteiger partial charge < -0.3 is 30.3 Å². The minimum atomic E-state index is 0. The molecule has 1 aromatic carbocycles. The molecule has 0 atom stereocenters. The summed E-state index contributed by atoms with van der Waals surface area (Å²) in [5, 5.41) is 3.19. The Bertz CT molecular complexity index is 856. The van der Waals surface area contributed by atoms with Crippen LogP contribution < -0.4 is 25.4 Å². The second-order valence-electron chi connectivity index (χ2n) is 7.34. The molecular weight excluding hydrogens is 507 g/mol. The molecule has 1 fully saturated rings. The first-order chi connectivity index (χ1) is 14.6. The number of aliphatic imine (C=N–C) groups is 1. The van der Waals surface area contributed by atoms with Crippen LogP contribution in [0.1, 0.15) is 11.1 Å². The second-order valence-corrected chi connectivity index (χ2v) is 7.34. The molecule has 31 heavy (non-hydrogen) atoms. The maximum absolute atomic E-state index is 6.09. The lowest BCUT2D eigenvalue weighted by atomic mass is 10.1. The molecule has 0 bridgehead atoms. The number of piperazine rings is 1. The van der Waals surface area contributed by atoms with Gasteiger partial charge >= 0.3 is 0 Å². The van der Waals surface area contributed by atoms with E-state index < -0.39 is 0 Å². The fourth-order valence-electron chi connectivity index (χ4n) is 3.45. The van der Waals surface area contributed by atoms with Crippen molar-refractivity contribution in [3.05, 3.63) is 47.7 Å². The van der Waals surface area contributed by atoms with E-state index in [0.29, 0.717) is 19.0 Å². The van der Waals surface area contributed by atoms with Crippen molar-refractivity contribution in [3.63, 3.8) is 0 Å². The van der Waals surface area contributed by atoms with Crippen LogP contribution in [-0.4, -0.2) is 69.8 Å².